The lowest BCUT2D eigenvalue weighted by Gasteiger charge is -2.07. The average molecular weight is 519 g/mol. The molecule has 36 heavy (non-hydrogen) atoms. The second-order valence-electron chi connectivity index (χ2n) is 8.28. The molecule has 0 aliphatic carbocycles. The summed E-state index contributed by atoms with van der Waals surface area (Å²) < 4.78 is 7.09. The summed E-state index contributed by atoms with van der Waals surface area (Å²) in [5, 5.41) is 5.56. The van der Waals surface area contributed by atoms with Gasteiger partial charge < -0.3 is 10.1 Å². The molecular formula is C26H22N4O4S2. The number of hydrogen-bond donors (Lipinski definition) is 1. The van der Waals surface area contributed by atoms with Gasteiger partial charge in [-0.3, -0.25) is 14.2 Å². The van der Waals surface area contributed by atoms with Crippen molar-refractivity contribution < 1.29 is 14.3 Å². The molecule has 10 heteroatoms. The minimum Gasteiger partial charge on any atom is -0.462 e. The number of nitrogens with zero attached hydrogens (tertiary/aromatic N) is 3. The number of thiophene rings is 1. The smallest absolute Gasteiger partial charge is 0.338 e. The SMILES string of the molecule is CCOC(=O)c1ccc2nc(NC(=O)Cn3cnc4scc(-c5ccc(C)c(C)c5)c4c3=O)sc2c1. The van der Waals surface area contributed by atoms with Gasteiger partial charge in [-0.25, -0.2) is 14.8 Å². The van der Waals surface area contributed by atoms with Gasteiger partial charge >= 0.3 is 5.97 Å². The number of esters is 1. The first-order chi connectivity index (χ1) is 17.3. The topological polar surface area (TPSA) is 103 Å². The Balaban J connectivity index is 1.39. The summed E-state index contributed by atoms with van der Waals surface area (Å²) in [7, 11) is 0. The van der Waals surface area contributed by atoms with Crippen molar-refractivity contribution >= 4 is 60.1 Å². The van der Waals surface area contributed by atoms with Crippen molar-refractivity contribution in [3.8, 4) is 11.1 Å². The van der Waals surface area contributed by atoms with Gasteiger partial charge in [0.1, 0.15) is 11.4 Å². The van der Waals surface area contributed by atoms with E-state index < -0.39 is 11.9 Å². The zero-order valence-electron chi connectivity index (χ0n) is 19.8. The number of aryl methyl sites for hydroxylation is 2. The van der Waals surface area contributed by atoms with E-state index in [1.165, 1.54) is 39.1 Å². The number of benzene rings is 2. The van der Waals surface area contributed by atoms with Crippen LogP contribution in [0.3, 0.4) is 0 Å². The Hall–Kier alpha value is -3.89. The molecule has 3 heterocycles. The first-order valence-electron chi connectivity index (χ1n) is 11.3. The van der Waals surface area contributed by atoms with E-state index in [1.807, 2.05) is 31.4 Å². The van der Waals surface area contributed by atoms with Crippen LogP contribution in [0.1, 0.15) is 28.4 Å². The minimum absolute atomic E-state index is 0.200. The molecule has 0 atom stereocenters. The molecule has 0 aliphatic heterocycles. The van der Waals surface area contributed by atoms with Crippen LogP contribution < -0.4 is 10.9 Å². The second kappa shape index (κ2) is 9.63. The zero-order chi connectivity index (χ0) is 25.4. The van der Waals surface area contributed by atoms with E-state index in [4.69, 9.17) is 4.74 Å². The molecule has 5 aromatic rings. The number of rotatable bonds is 6. The van der Waals surface area contributed by atoms with Crippen LogP contribution >= 0.6 is 22.7 Å². The van der Waals surface area contributed by atoms with Crippen molar-refractivity contribution in [1.29, 1.82) is 0 Å². The van der Waals surface area contributed by atoms with Gasteiger partial charge in [0.15, 0.2) is 5.13 Å². The third-order valence-corrected chi connectivity index (χ3v) is 7.66. The quantitative estimate of drug-likeness (QED) is 0.311. The minimum atomic E-state index is -0.408. The van der Waals surface area contributed by atoms with E-state index in [2.05, 4.69) is 21.4 Å². The fourth-order valence-corrected chi connectivity index (χ4v) is 5.66. The van der Waals surface area contributed by atoms with E-state index in [0.29, 0.717) is 33.0 Å². The molecule has 0 saturated heterocycles. The number of amides is 1. The Labute approximate surface area is 214 Å². The summed E-state index contributed by atoms with van der Waals surface area (Å²) in [6, 6.07) is 11.1. The normalized spacial score (nSPS) is 11.2. The number of aromatic nitrogens is 3. The standard InChI is InChI=1S/C26H22N4O4S2/c1-4-34-25(33)17-7-8-19-20(10-17)36-26(28-19)29-21(31)11-30-13-27-23-22(24(30)32)18(12-35-23)16-6-5-14(2)15(3)9-16/h5-10,12-13H,4,11H2,1-3H3,(H,28,29,31). The second-order valence-corrected chi connectivity index (χ2v) is 10.2. The van der Waals surface area contributed by atoms with E-state index in [0.717, 1.165) is 21.4 Å². The van der Waals surface area contributed by atoms with Crippen LogP contribution in [0.15, 0.2) is 52.9 Å². The van der Waals surface area contributed by atoms with E-state index in [1.54, 1.807) is 25.1 Å². The Kier molecular flexibility index (Phi) is 6.38. The molecule has 182 valence electrons. The van der Waals surface area contributed by atoms with E-state index in [9.17, 15) is 14.4 Å². The highest BCUT2D eigenvalue weighted by Gasteiger charge is 2.16. The Morgan fingerprint density at radius 2 is 1.94 bits per heavy atom. The van der Waals surface area contributed by atoms with E-state index in [-0.39, 0.29) is 12.1 Å². The van der Waals surface area contributed by atoms with Crippen molar-refractivity contribution in [3.05, 3.63) is 75.1 Å². The Morgan fingerprint density at radius 1 is 1.11 bits per heavy atom. The van der Waals surface area contributed by atoms with Gasteiger partial charge in [0.05, 0.1) is 34.1 Å². The number of thiazole rings is 1. The van der Waals surface area contributed by atoms with Crippen molar-refractivity contribution in [3.63, 3.8) is 0 Å². The summed E-state index contributed by atoms with van der Waals surface area (Å²) in [6.07, 6.45) is 1.40. The van der Waals surface area contributed by atoms with Gasteiger partial charge in [-0.1, -0.05) is 29.5 Å². The maximum atomic E-state index is 13.3. The first kappa shape index (κ1) is 23.8. The van der Waals surface area contributed by atoms with Crippen LogP contribution in [0.5, 0.6) is 0 Å². The molecule has 1 amide bonds. The summed E-state index contributed by atoms with van der Waals surface area (Å²) in [5.41, 5.74) is 4.88. The lowest BCUT2D eigenvalue weighted by Crippen LogP contribution is -2.27. The predicted molar refractivity (Wildman–Crippen MR) is 143 cm³/mol. The van der Waals surface area contributed by atoms with Gasteiger partial charge in [0.2, 0.25) is 5.91 Å². The van der Waals surface area contributed by atoms with Crippen LogP contribution in [-0.4, -0.2) is 33.0 Å². The highest BCUT2D eigenvalue weighted by atomic mass is 32.1. The molecule has 1 N–H and O–H groups in total. The molecule has 3 aromatic heterocycles. The summed E-state index contributed by atoms with van der Waals surface area (Å²) in [6.45, 7) is 5.92. The van der Waals surface area contributed by atoms with E-state index >= 15 is 0 Å². The molecule has 8 nitrogen and oxygen atoms in total. The van der Waals surface area contributed by atoms with Crippen molar-refractivity contribution in [2.24, 2.45) is 0 Å². The summed E-state index contributed by atoms with van der Waals surface area (Å²) in [5.74, 6) is -0.805. The largest absolute Gasteiger partial charge is 0.462 e. The summed E-state index contributed by atoms with van der Waals surface area (Å²) >= 11 is 2.65. The number of ether oxygens (including phenoxy) is 1. The molecule has 0 aliphatic rings. The first-order valence-corrected chi connectivity index (χ1v) is 13.0. The molecule has 0 bridgehead atoms. The number of hydrogen-bond acceptors (Lipinski definition) is 8. The summed E-state index contributed by atoms with van der Waals surface area (Å²) in [4.78, 5) is 47.5. The van der Waals surface area contributed by atoms with Gasteiger partial charge in [0, 0.05) is 10.9 Å². The monoisotopic (exact) mass is 518 g/mol. The van der Waals surface area contributed by atoms with Gasteiger partial charge in [0.25, 0.3) is 5.56 Å². The van der Waals surface area contributed by atoms with Crippen LogP contribution in [0, 0.1) is 13.8 Å². The molecule has 5 rings (SSSR count). The molecule has 2 aromatic carbocycles. The van der Waals surface area contributed by atoms with Crippen LogP contribution in [0.2, 0.25) is 0 Å². The Bertz CT molecular complexity index is 1700. The number of carbonyl (C=O) groups is 2. The van der Waals surface area contributed by atoms with Crippen LogP contribution in [0.25, 0.3) is 31.6 Å². The lowest BCUT2D eigenvalue weighted by molar-refractivity contribution is -0.116. The number of carbonyl (C=O) groups excluding carboxylic acids is 2. The highest BCUT2D eigenvalue weighted by molar-refractivity contribution is 7.22. The average Bonchev–Trinajstić information content (AvgIpc) is 3.46. The third-order valence-electron chi connectivity index (χ3n) is 5.84. The highest BCUT2D eigenvalue weighted by Crippen LogP contribution is 2.32. The van der Waals surface area contributed by atoms with Crippen LogP contribution in [0.4, 0.5) is 5.13 Å². The third kappa shape index (κ3) is 4.52. The van der Waals surface area contributed by atoms with Gasteiger partial charge in [-0.05, 0) is 55.7 Å². The molecule has 0 spiro atoms. The van der Waals surface area contributed by atoms with Gasteiger partial charge in [-0.15, -0.1) is 11.3 Å². The predicted octanol–water partition coefficient (Wildman–Crippen LogP) is 5.17. The number of nitrogens with one attached hydrogen (secondary N) is 1. The lowest BCUT2D eigenvalue weighted by atomic mass is 10.0. The zero-order valence-corrected chi connectivity index (χ0v) is 21.5. The molecule has 0 fully saturated rings. The molecule has 0 unspecified atom stereocenters. The van der Waals surface area contributed by atoms with Crippen molar-refractivity contribution in [2.75, 3.05) is 11.9 Å². The molecule has 0 saturated carbocycles. The molecule has 0 radical (unpaired) electrons. The maximum absolute atomic E-state index is 13.3. The van der Waals surface area contributed by atoms with Crippen molar-refractivity contribution in [1.82, 2.24) is 14.5 Å². The maximum Gasteiger partial charge on any atom is 0.338 e. The fourth-order valence-electron chi connectivity index (χ4n) is 3.83. The molecular weight excluding hydrogens is 496 g/mol. The number of fused-ring (bicyclic) bond motifs is 2. The van der Waals surface area contributed by atoms with Gasteiger partial charge in [-0.2, -0.15) is 0 Å². The Morgan fingerprint density at radius 3 is 2.72 bits per heavy atom. The number of anilines is 1. The van der Waals surface area contributed by atoms with Crippen LogP contribution in [-0.2, 0) is 16.1 Å². The fraction of sp³-hybridized carbons (Fsp3) is 0.192. The van der Waals surface area contributed by atoms with Crippen molar-refractivity contribution in [2.45, 2.75) is 27.3 Å².